The summed E-state index contributed by atoms with van der Waals surface area (Å²) in [5.41, 5.74) is 5.81. The van der Waals surface area contributed by atoms with Gasteiger partial charge in [-0.05, 0) is 30.9 Å². The molecule has 2 rings (SSSR count). The number of hydrogen-bond acceptors (Lipinski definition) is 4. The van der Waals surface area contributed by atoms with Crippen LogP contribution in [0.25, 0.3) is 0 Å². The smallest absolute Gasteiger partial charge is 0.339 e. The van der Waals surface area contributed by atoms with Gasteiger partial charge in [0, 0.05) is 6.54 Å². The fraction of sp³-hybridized carbons (Fsp3) is 0.385. The predicted octanol–water partition coefficient (Wildman–Crippen LogP) is 0.872. The molecular formula is C13H16N2O4. The number of anilines is 1. The molecule has 0 bridgehead atoms. The maximum absolute atomic E-state index is 11.5. The molecule has 1 aliphatic carbocycles. The number of nitrogen functional groups attached to an aromatic ring is 1. The van der Waals surface area contributed by atoms with E-state index < -0.39 is 5.97 Å². The van der Waals surface area contributed by atoms with Crippen LogP contribution in [-0.2, 0) is 4.79 Å². The highest BCUT2D eigenvalue weighted by molar-refractivity contribution is 5.93. The van der Waals surface area contributed by atoms with E-state index in [0.29, 0.717) is 12.5 Å². The first-order valence-electron chi connectivity index (χ1n) is 6.09. The van der Waals surface area contributed by atoms with Crippen LogP contribution < -0.4 is 15.8 Å². The monoisotopic (exact) mass is 264 g/mol. The molecule has 1 saturated carbocycles. The van der Waals surface area contributed by atoms with Gasteiger partial charge in [0.05, 0.1) is 5.69 Å². The Hall–Kier alpha value is -2.24. The van der Waals surface area contributed by atoms with Gasteiger partial charge in [0.25, 0.3) is 5.91 Å². The third kappa shape index (κ3) is 3.61. The Morgan fingerprint density at radius 1 is 1.42 bits per heavy atom. The van der Waals surface area contributed by atoms with E-state index in [4.69, 9.17) is 15.6 Å². The van der Waals surface area contributed by atoms with Crippen LogP contribution >= 0.6 is 0 Å². The molecule has 102 valence electrons. The topological polar surface area (TPSA) is 102 Å². The molecule has 0 unspecified atom stereocenters. The molecule has 6 nitrogen and oxygen atoms in total. The maximum Gasteiger partial charge on any atom is 0.339 e. The first kappa shape index (κ1) is 13.2. The first-order chi connectivity index (χ1) is 9.08. The van der Waals surface area contributed by atoms with E-state index in [9.17, 15) is 9.59 Å². The lowest BCUT2D eigenvalue weighted by Crippen LogP contribution is -2.30. The normalized spacial score (nSPS) is 13.9. The van der Waals surface area contributed by atoms with Gasteiger partial charge in [-0.2, -0.15) is 0 Å². The van der Waals surface area contributed by atoms with Crippen molar-refractivity contribution in [1.82, 2.24) is 5.32 Å². The molecule has 0 spiro atoms. The van der Waals surface area contributed by atoms with Crippen LogP contribution in [0.3, 0.4) is 0 Å². The Labute approximate surface area is 110 Å². The Balaban J connectivity index is 1.94. The van der Waals surface area contributed by atoms with Crippen LogP contribution in [0, 0.1) is 5.92 Å². The zero-order valence-electron chi connectivity index (χ0n) is 10.4. The van der Waals surface area contributed by atoms with Crippen molar-refractivity contribution >= 4 is 17.6 Å². The SMILES string of the molecule is Nc1cccc(C(=O)O)c1OCC(=O)NCC1CC1. The number of carboxylic acid groups (broad SMARTS) is 1. The van der Waals surface area contributed by atoms with Gasteiger partial charge >= 0.3 is 5.97 Å². The summed E-state index contributed by atoms with van der Waals surface area (Å²) in [6, 6.07) is 4.44. The molecule has 1 aromatic rings. The van der Waals surface area contributed by atoms with E-state index in [1.807, 2.05) is 0 Å². The summed E-state index contributed by atoms with van der Waals surface area (Å²) >= 11 is 0. The van der Waals surface area contributed by atoms with Crippen molar-refractivity contribution in [3.05, 3.63) is 23.8 Å². The number of ether oxygens (including phenoxy) is 1. The molecular weight excluding hydrogens is 248 g/mol. The van der Waals surface area contributed by atoms with Crippen molar-refractivity contribution in [2.24, 2.45) is 5.92 Å². The zero-order valence-corrected chi connectivity index (χ0v) is 10.4. The van der Waals surface area contributed by atoms with Crippen LogP contribution in [0.4, 0.5) is 5.69 Å². The highest BCUT2D eigenvalue weighted by atomic mass is 16.5. The van der Waals surface area contributed by atoms with Crippen molar-refractivity contribution in [2.75, 3.05) is 18.9 Å². The minimum Gasteiger partial charge on any atom is -0.481 e. The average Bonchev–Trinajstić information content (AvgIpc) is 3.18. The van der Waals surface area contributed by atoms with Crippen LogP contribution in [0.2, 0.25) is 0 Å². The largest absolute Gasteiger partial charge is 0.481 e. The molecule has 1 amide bonds. The van der Waals surface area contributed by atoms with Gasteiger partial charge in [-0.25, -0.2) is 4.79 Å². The van der Waals surface area contributed by atoms with Crippen LogP contribution in [0.15, 0.2) is 18.2 Å². The fourth-order valence-electron chi connectivity index (χ4n) is 1.65. The molecule has 0 aromatic heterocycles. The number of amides is 1. The number of aromatic carboxylic acids is 1. The highest BCUT2D eigenvalue weighted by Gasteiger charge is 2.22. The number of benzene rings is 1. The lowest BCUT2D eigenvalue weighted by atomic mass is 10.2. The fourth-order valence-corrected chi connectivity index (χ4v) is 1.65. The van der Waals surface area contributed by atoms with Gasteiger partial charge in [-0.3, -0.25) is 4.79 Å². The van der Waals surface area contributed by atoms with Crippen molar-refractivity contribution in [2.45, 2.75) is 12.8 Å². The molecule has 0 aliphatic heterocycles. The van der Waals surface area contributed by atoms with Crippen molar-refractivity contribution in [3.8, 4) is 5.75 Å². The minimum atomic E-state index is -1.14. The Bertz CT molecular complexity index is 497. The number of hydrogen-bond donors (Lipinski definition) is 3. The second-order valence-corrected chi connectivity index (χ2v) is 4.57. The molecule has 6 heteroatoms. The maximum atomic E-state index is 11.5. The number of para-hydroxylation sites is 1. The number of rotatable bonds is 6. The summed E-state index contributed by atoms with van der Waals surface area (Å²) in [5.74, 6) is -0.788. The standard InChI is InChI=1S/C13H16N2O4/c14-10-3-1-2-9(13(17)18)12(10)19-7-11(16)15-6-8-4-5-8/h1-3,8H,4-7,14H2,(H,15,16)(H,17,18). The zero-order chi connectivity index (χ0) is 13.8. The van der Waals surface area contributed by atoms with Crippen molar-refractivity contribution in [3.63, 3.8) is 0 Å². The number of nitrogens with two attached hydrogens (primary N) is 1. The van der Waals surface area contributed by atoms with E-state index in [-0.39, 0.29) is 29.5 Å². The second kappa shape index (κ2) is 5.60. The van der Waals surface area contributed by atoms with E-state index in [1.54, 1.807) is 0 Å². The third-order valence-electron chi connectivity index (χ3n) is 2.91. The lowest BCUT2D eigenvalue weighted by molar-refractivity contribution is -0.123. The van der Waals surface area contributed by atoms with Gasteiger partial charge in [0.15, 0.2) is 12.4 Å². The predicted molar refractivity (Wildman–Crippen MR) is 69.0 cm³/mol. The molecule has 0 radical (unpaired) electrons. The highest BCUT2D eigenvalue weighted by Crippen LogP contribution is 2.28. The molecule has 1 fully saturated rings. The summed E-state index contributed by atoms with van der Waals surface area (Å²) in [7, 11) is 0. The summed E-state index contributed by atoms with van der Waals surface area (Å²) < 4.78 is 5.23. The Morgan fingerprint density at radius 3 is 2.79 bits per heavy atom. The summed E-state index contributed by atoms with van der Waals surface area (Å²) in [5, 5.41) is 11.7. The summed E-state index contributed by atoms with van der Waals surface area (Å²) in [6.45, 7) is 0.416. The summed E-state index contributed by atoms with van der Waals surface area (Å²) in [4.78, 5) is 22.5. The average molecular weight is 264 g/mol. The molecule has 19 heavy (non-hydrogen) atoms. The number of carbonyl (C=O) groups is 2. The van der Waals surface area contributed by atoms with Gasteiger partial charge in [0.1, 0.15) is 5.56 Å². The molecule has 0 saturated heterocycles. The minimum absolute atomic E-state index is 0.0385. The van der Waals surface area contributed by atoms with Crippen molar-refractivity contribution < 1.29 is 19.4 Å². The van der Waals surface area contributed by atoms with E-state index in [0.717, 1.165) is 12.8 Å². The van der Waals surface area contributed by atoms with E-state index in [2.05, 4.69) is 5.32 Å². The van der Waals surface area contributed by atoms with Crippen LogP contribution in [-0.4, -0.2) is 30.1 Å². The van der Waals surface area contributed by atoms with Gasteiger partial charge < -0.3 is 20.9 Å². The third-order valence-corrected chi connectivity index (χ3v) is 2.91. The molecule has 1 aromatic carbocycles. The van der Waals surface area contributed by atoms with Gasteiger partial charge in [-0.1, -0.05) is 6.07 Å². The van der Waals surface area contributed by atoms with Gasteiger partial charge in [0.2, 0.25) is 0 Å². The molecule has 0 atom stereocenters. The number of carboxylic acids is 1. The number of carbonyl (C=O) groups excluding carboxylic acids is 1. The van der Waals surface area contributed by atoms with E-state index in [1.165, 1.54) is 18.2 Å². The Kier molecular flexibility index (Phi) is 3.89. The van der Waals surface area contributed by atoms with Crippen LogP contribution in [0.1, 0.15) is 23.2 Å². The van der Waals surface area contributed by atoms with Crippen molar-refractivity contribution in [1.29, 1.82) is 0 Å². The van der Waals surface area contributed by atoms with E-state index >= 15 is 0 Å². The number of nitrogens with one attached hydrogen (secondary N) is 1. The molecule has 0 heterocycles. The quantitative estimate of drug-likeness (QED) is 0.662. The second-order valence-electron chi connectivity index (χ2n) is 4.57. The lowest BCUT2D eigenvalue weighted by Gasteiger charge is -2.11. The van der Waals surface area contributed by atoms with Gasteiger partial charge in [-0.15, -0.1) is 0 Å². The Morgan fingerprint density at radius 2 is 2.16 bits per heavy atom. The van der Waals surface area contributed by atoms with Crippen LogP contribution in [0.5, 0.6) is 5.75 Å². The summed E-state index contributed by atoms with van der Waals surface area (Å²) in [6.07, 6.45) is 2.30. The molecule has 4 N–H and O–H groups in total. The molecule has 1 aliphatic rings. The first-order valence-corrected chi connectivity index (χ1v) is 6.09.